The topological polar surface area (TPSA) is 217 Å². The molecular weight excluding hydrogens is 758 g/mol. The minimum Gasteiger partial charge on any atom is -0.507 e. The van der Waals surface area contributed by atoms with Gasteiger partial charge >= 0.3 is 5.97 Å². The first-order valence-electron chi connectivity index (χ1n) is 19.9. The Morgan fingerprint density at radius 3 is 2.17 bits per heavy atom. The number of carbonyl (C=O) groups is 4. The van der Waals surface area contributed by atoms with Crippen molar-refractivity contribution in [2.24, 2.45) is 0 Å². The molecule has 3 aliphatic heterocycles. The number of benzene rings is 2. The number of aliphatic hydroxyl groups is 1. The first-order valence-corrected chi connectivity index (χ1v) is 19.9. The van der Waals surface area contributed by atoms with Gasteiger partial charge in [0.25, 0.3) is 0 Å². The first-order chi connectivity index (χ1) is 27.5. The number of phenolic OH excluding ortho intramolecular Hbond substituents is 3. The lowest BCUT2D eigenvalue weighted by Gasteiger charge is -2.48. The maximum absolute atomic E-state index is 14.0. The lowest BCUT2D eigenvalue weighted by molar-refractivity contribution is -0.311. The Labute approximate surface area is 336 Å². The summed E-state index contributed by atoms with van der Waals surface area (Å²) in [5, 5.41) is 46.7. The molecule has 0 spiro atoms. The normalized spacial score (nSPS) is 35.0. The summed E-state index contributed by atoms with van der Waals surface area (Å²) in [6.45, 7) is 7.10. The molecule has 12 atom stereocenters. The third-order valence-electron chi connectivity index (χ3n) is 12.5. The Balaban J connectivity index is 1.15. The van der Waals surface area contributed by atoms with Crippen molar-refractivity contribution >= 4 is 23.3 Å². The van der Waals surface area contributed by atoms with Crippen LogP contribution < -0.4 is 0 Å². The van der Waals surface area contributed by atoms with E-state index in [1.165, 1.54) is 18.2 Å². The summed E-state index contributed by atoms with van der Waals surface area (Å²) in [7, 11) is 4.89. The van der Waals surface area contributed by atoms with Crippen molar-refractivity contribution in [2.75, 3.05) is 21.2 Å². The molecule has 2 aromatic rings. The quantitative estimate of drug-likeness (QED) is 0.178. The van der Waals surface area contributed by atoms with Gasteiger partial charge in [0.2, 0.25) is 5.78 Å². The number of methoxy groups -OCH3 is 1. The number of rotatable bonds is 9. The van der Waals surface area contributed by atoms with Gasteiger partial charge in [-0.25, -0.2) is 0 Å². The van der Waals surface area contributed by atoms with Gasteiger partial charge in [-0.1, -0.05) is 19.1 Å². The van der Waals surface area contributed by atoms with Crippen molar-refractivity contribution in [3.8, 4) is 17.2 Å². The zero-order chi connectivity index (χ0) is 42.0. The Bertz CT molecular complexity index is 1970. The van der Waals surface area contributed by atoms with Crippen LogP contribution in [0.25, 0.3) is 0 Å². The molecule has 16 nitrogen and oxygen atoms in total. The van der Waals surface area contributed by atoms with Crippen LogP contribution in [0, 0.1) is 0 Å². The third kappa shape index (κ3) is 7.31. The Hall–Kier alpha value is -4.00. The molecule has 0 amide bonds. The van der Waals surface area contributed by atoms with Crippen molar-refractivity contribution < 1.29 is 72.8 Å². The number of esters is 1. The van der Waals surface area contributed by atoms with Gasteiger partial charge in [-0.2, -0.15) is 0 Å². The molecule has 7 rings (SSSR count). The third-order valence-corrected chi connectivity index (χ3v) is 12.5. The standard InChI is InChI=1S/C42H53NO15/c1-8-42(51)17-26(31-32(35(42)41(50)52-7)39(49)33-34(38(31)48)37(47)30-21(36(33)46)10-9-11-24(30)45)57-29-16-22(43(5)6)40(20(4)55-29)58-28-15-13-25(19(3)54-28)56-27-14-12-23(44)18(2)53-27/h9-11,18-20,22,25-29,35,40,45,48-49,51H,8,12-17H2,1-7H3/t18-,19+,20-,22-,25+,26?,27+,28+,29-,35?,40-,42?/m0/s1. The summed E-state index contributed by atoms with van der Waals surface area (Å²) in [6.07, 6.45) is -3.45. The van der Waals surface area contributed by atoms with Crippen LogP contribution in [0.3, 0.4) is 0 Å². The van der Waals surface area contributed by atoms with Crippen LogP contribution in [-0.2, 0) is 42.7 Å². The number of phenols is 3. The maximum atomic E-state index is 14.0. The Morgan fingerprint density at radius 1 is 0.845 bits per heavy atom. The molecule has 5 aliphatic rings. The number of ether oxygens (including phenoxy) is 7. The number of hydrogen-bond acceptors (Lipinski definition) is 16. The van der Waals surface area contributed by atoms with Crippen molar-refractivity contribution in [1.82, 2.24) is 4.90 Å². The molecule has 316 valence electrons. The van der Waals surface area contributed by atoms with Crippen LogP contribution in [-0.4, -0.2) is 131 Å². The largest absolute Gasteiger partial charge is 0.507 e. The maximum Gasteiger partial charge on any atom is 0.316 e. The summed E-state index contributed by atoms with van der Waals surface area (Å²) in [5.74, 6) is -6.23. The highest BCUT2D eigenvalue weighted by molar-refractivity contribution is 6.31. The van der Waals surface area contributed by atoms with Crippen LogP contribution in [0.4, 0.5) is 0 Å². The first kappa shape index (κ1) is 42.1. The van der Waals surface area contributed by atoms with Gasteiger partial charge in [0.05, 0.1) is 53.8 Å². The molecule has 0 aromatic heterocycles. The van der Waals surface area contributed by atoms with E-state index in [9.17, 15) is 39.6 Å². The number of likely N-dealkylation sites (N-methyl/N-ethyl adjacent to an activating group) is 1. The number of carbonyl (C=O) groups excluding carboxylic acids is 4. The summed E-state index contributed by atoms with van der Waals surface area (Å²) in [5.41, 5.74) is -4.04. The van der Waals surface area contributed by atoms with Gasteiger partial charge < -0.3 is 58.5 Å². The minimum absolute atomic E-state index is 0.0245. The van der Waals surface area contributed by atoms with Gasteiger partial charge in [0, 0.05) is 54.8 Å². The van der Waals surface area contributed by atoms with E-state index < -0.39 is 101 Å². The van der Waals surface area contributed by atoms with E-state index >= 15 is 0 Å². The number of ketones is 3. The molecule has 0 radical (unpaired) electrons. The molecular formula is C42H53NO15. The molecule has 4 N–H and O–H groups in total. The van der Waals surface area contributed by atoms with E-state index in [0.29, 0.717) is 25.7 Å². The van der Waals surface area contributed by atoms with E-state index in [4.69, 9.17) is 33.2 Å². The zero-order valence-corrected chi connectivity index (χ0v) is 33.8. The van der Waals surface area contributed by atoms with Crippen LogP contribution in [0.2, 0.25) is 0 Å². The Morgan fingerprint density at radius 2 is 1.52 bits per heavy atom. The van der Waals surface area contributed by atoms with Crippen LogP contribution in [0.1, 0.15) is 128 Å². The fourth-order valence-electron chi connectivity index (χ4n) is 9.29. The number of fused-ring (bicyclic) bond motifs is 3. The van der Waals surface area contributed by atoms with Gasteiger partial charge in [0.1, 0.15) is 35.4 Å². The minimum atomic E-state index is -1.90. The van der Waals surface area contributed by atoms with E-state index in [1.54, 1.807) is 13.8 Å². The molecule has 2 aromatic carbocycles. The van der Waals surface area contributed by atoms with Crippen LogP contribution in [0.5, 0.6) is 17.2 Å². The molecule has 3 unspecified atom stereocenters. The molecule has 3 heterocycles. The zero-order valence-electron chi connectivity index (χ0n) is 33.8. The second-order valence-electron chi connectivity index (χ2n) is 16.2. The van der Waals surface area contributed by atoms with Crippen molar-refractivity contribution in [2.45, 2.75) is 146 Å². The second kappa shape index (κ2) is 16.2. The van der Waals surface area contributed by atoms with Gasteiger partial charge in [-0.05, 0) is 53.8 Å². The lowest BCUT2D eigenvalue weighted by atomic mass is 9.66. The molecule has 16 heteroatoms. The van der Waals surface area contributed by atoms with E-state index in [-0.39, 0.29) is 65.5 Å². The molecule has 2 aliphatic carbocycles. The number of Topliss-reactive ketones (excluding diaryl/α,β-unsaturated/α-hetero) is 1. The molecule has 3 fully saturated rings. The van der Waals surface area contributed by atoms with Crippen LogP contribution >= 0.6 is 0 Å². The van der Waals surface area contributed by atoms with E-state index in [1.807, 2.05) is 32.8 Å². The van der Waals surface area contributed by atoms with E-state index in [0.717, 1.165) is 7.11 Å². The highest BCUT2D eigenvalue weighted by Gasteiger charge is 2.55. The summed E-state index contributed by atoms with van der Waals surface area (Å²) in [4.78, 5) is 55.2. The summed E-state index contributed by atoms with van der Waals surface area (Å²) >= 11 is 0. The SMILES string of the molecule is CCC1(O)CC(O[C@H]2C[C@H](N(C)C)[C@@H](O[C@@H]3CC[C@@H](O[C@@H]4CCC(=O)[C@H](C)O4)[C@@H](C)O3)[C@H](C)O2)c2c(O)c3c(c(O)c2C1C(=O)OC)C(=O)c1cccc(O)c1C3=O. The number of nitrogens with zero attached hydrogens (tertiary/aromatic N) is 1. The number of hydrogen-bond donors (Lipinski definition) is 4. The monoisotopic (exact) mass is 811 g/mol. The highest BCUT2D eigenvalue weighted by Crippen LogP contribution is 2.57. The predicted molar refractivity (Wildman–Crippen MR) is 202 cm³/mol. The van der Waals surface area contributed by atoms with Crippen molar-refractivity contribution in [3.05, 3.63) is 51.6 Å². The van der Waals surface area contributed by atoms with Crippen molar-refractivity contribution in [1.29, 1.82) is 0 Å². The average Bonchev–Trinajstić information content (AvgIpc) is 3.17. The predicted octanol–water partition coefficient (Wildman–Crippen LogP) is 3.89. The summed E-state index contributed by atoms with van der Waals surface area (Å²) in [6, 6.07) is 3.61. The van der Waals surface area contributed by atoms with Gasteiger partial charge in [-0.3, -0.25) is 19.2 Å². The fraction of sp³-hybridized carbons (Fsp3) is 0.619. The molecule has 3 saturated heterocycles. The highest BCUT2D eigenvalue weighted by atomic mass is 16.7. The lowest BCUT2D eigenvalue weighted by Crippen LogP contribution is -2.57. The Kier molecular flexibility index (Phi) is 11.8. The van der Waals surface area contributed by atoms with Gasteiger partial charge in [-0.15, -0.1) is 0 Å². The van der Waals surface area contributed by atoms with Gasteiger partial charge in [0.15, 0.2) is 30.4 Å². The number of aromatic hydroxyl groups is 3. The van der Waals surface area contributed by atoms with E-state index in [2.05, 4.69) is 0 Å². The fourth-order valence-corrected chi connectivity index (χ4v) is 9.29. The van der Waals surface area contributed by atoms with Crippen molar-refractivity contribution in [3.63, 3.8) is 0 Å². The summed E-state index contributed by atoms with van der Waals surface area (Å²) < 4.78 is 42.9. The molecule has 0 bridgehead atoms. The van der Waals surface area contributed by atoms with Crippen LogP contribution in [0.15, 0.2) is 18.2 Å². The molecule has 58 heavy (non-hydrogen) atoms. The second-order valence-corrected chi connectivity index (χ2v) is 16.2. The molecule has 0 saturated carbocycles. The smallest absolute Gasteiger partial charge is 0.316 e. The average molecular weight is 812 g/mol.